The lowest BCUT2D eigenvalue weighted by molar-refractivity contribution is 0.101. The fraction of sp³-hybridized carbons (Fsp3) is 0.474. The number of hydrogen-bond acceptors (Lipinski definition) is 5. The number of rotatable bonds is 4. The molecular formula is C19H22FN5O3S. The van der Waals surface area contributed by atoms with Gasteiger partial charge < -0.3 is 10.1 Å². The summed E-state index contributed by atoms with van der Waals surface area (Å²) in [6.07, 6.45) is 4.80. The number of fused-ring (bicyclic) bond motifs is 2. The molecule has 2 aromatic rings. The summed E-state index contributed by atoms with van der Waals surface area (Å²) >= 11 is 0. The Kier molecular flexibility index (Phi) is 4.18. The third-order valence-corrected chi connectivity index (χ3v) is 6.74. The van der Waals surface area contributed by atoms with Crippen LogP contribution in [0.4, 0.5) is 10.1 Å². The number of carbonyl (C=O) groups is 1. The highest BCUT2D eigenvalue weighted by Crippen LogP contribution is 2.47. The maximum absolute atomic E-state index is 14.5. The number of amides is 1. The highest BCUT2D eigenvalue weighted by molar-refractivity contribution is 7.90. The third kappa shape index (κ3) is 3.10. The SMILES string of the molecule is N=S(N)(=O)c1c(C(=O)Nc2c(C3CC3)cc(F)c3c2CCC3)nn2c1OCCC2. The number of benzene rings is 1. The van der Waals surface area contributed by atoms with E-state index in [1.54, 1.807) is 0 Å². The van der Waals surface area contributed by atoms with Gasteiger partial charge in [0, 0.05) is 18.7 Å². The summed E-state index contributed by atoms with van der Waals surface area (Å²) in [5.41, 5.74) is 2.76. The van der Waals surface area contributed by atoms with Crippen molar-refractivity contribution in [2.45, 2.75) is 55.9 Å². The Morgan fingerprint density at radius 2 is 2.10 bits per heavy atom. The molecule has 1 saturated carbocycles. The van der Waals surface area contributed by atoms with E-state index in [1.807, 2.05) is 0 Å². The maximum Gasteiger partial charge on any atom is 0.277 e. The van der Waals surface area contributed by atoms with E-state index in [9.17, 15) is 13.4 Å². The van der Waals surface area contributed by atoms with Crippen molar-refractivity contribution in [1.82, 2.24) is 9.78 Å². The molecule has 0 spiro atoms. The van der Waals surface area contributed by atoms with Gasteiger partial charge in [0.1, 0.15) is 15.7 Å². The molecule has 1 amide bonds. The van der Waals surface area contributed by atoms with Gasteiger partial charge in [-0.3, -0.25) is 4.79 Å². The van der Waals surface area contributed by atoms with Gasteiger partial charge in [-0.05, 0) is 60.8 Å². The first-order valence-corrected chi connectivity index (χ1v) is 11.4. The van der Waals surface area contributed by atoms with Crippen LogP contribution in [0.2, 0.25) is 0 Å². The van der Waals surface area contributed by atoms with Crippen LogP contribution in [0.25, 0.3) is 0 Å². The van der Waals surface area contributed by atoms with E-state index in [-0.39, 0.29) is 28.2 Å². The molecule has 1 unspecified atom stereocenters. The highest BCUT2D eigenvalue weighted by atomic mass is 32.2. The minimum atomic E-state index is -3.73. The largest absolute Gasteiger partial charge is 0.477 e. The average Bonchev–Trinajstić information content (AvgIpc) is 3.24. The van der Waals surface area contributed by atoms with E-state index in [2.05, 4.69) is 10.4 Å². The summed E-state index contributed by atoms with van der Waals surface area (Å²) in [4.78, 5) is 13.0. The summed E-state index contributed by atoms with van der Waals surface area (Å²) in [5.74, 6) is -0.451. The van der Waals surface area contributed by atoms with E-state index in [0.29, 0.717) is 43.7 Å². The van der Waals surface area contributed by atoms with E-state index in [1.165, 1.54) is 10.7 Å². The Bertz CT molecular complexity index is 1140. The molecule has 1 aliphatic heterocycles. The van der Waals surface area contributed by atoms with Gasteiger partial charge in [0.15, 0.2) is 10.6 Å². The zero-order valence-corrected chi connectivity index (χ0v) is 16.6. The molecule has 1 aromatic heterocycles. The van der Waals surface area contributed by atoms with Gasteiger partial charge in [-0.1, -0.05) is 0 Å². The van der Waals surface area contributed by atoms with E-state index < -0.39 is 15.8 Å². The van der Waals surface area contributed by atoms with Gasteiger partial charge >= 0.3 is 0 Å². The van der Waals surface area contributed by atoms with Crippen LogP contribution in [0.15, 0.2) is 11.0 Å². The normalized spacial score (nSPS) is 19.8. The Hall–Kier alpha value is -2.46. The predicted molar refractivity (Wildman–Crippen MR) is 104 cm³/mol. The van der Waals surface area contributed by atoms with Crippen molar-refractivity contribution in [2.75, 3.05) is 11.9 Å². The average molecular weight is 419 g/mol. The lowest BCUT2D eigenvalue weighted by Gasteiger charge is -2.16. The second-order valence-electron chi connectivity index (χ2n) is 7.87. The van der Waals surface area contributed by atoms with Crippen LogP contribution in [-0.2, 0) is 29.3 Å². The fourth-order valence-electron chi connectivity index (χ4n) is 4.32. The van der Waals surface area contributed by atoms with Gasteiger partial charge in [-0.15, -0.1) is 0 Å². The van der Waals surface area contributed by atoms with Crippen molar-refractivity contribution in [1.29, 1.82) is 4.78 Å². The van der Waals surface area contributed by atoms with Crippen LogP contribution in [0.3, 0.4) is 0 Å². The first kappa shape index (κ1) is 18.6. The van der Waals surface area contributed by atoms with Crippen molar-refractivity contribution in [3.05, 3.63) is 34.3 Å². The minimum Gasteiger partial charge on any atom is -0.477 e. The molecule has 29 heavy (non-hydrogen) atoms. The molecule has 2 heterocycles. The quantitative estimate of drug-likeness (QED) is 0.705. The number of aryl methyl sites for hydroxylation is 1. The molecule has 0 saturated heterocycles. The lowest BCUT2D eigenvalue weighted by Crippen LogP contribution is -2.21. The summed E-state index contributed by atoms with van der Waals surface area (Å²) < 4.78 is 41.7. The predicted octanol–water partition coefficient (Wildman–Crippen LogP) is 2.70. The molecule has 0 bridgehead atoms. The Labute approximate surface area is 167 Å². The number of anilines is 1. The molecule has 1 atom stereocenters. The van der Waals surface area contributed by atoms with Crippen molar-refractivity contribution in [3.8, 4) is 5.88 Å². The van der Waals surface area contributed by atoms with Crippen LogP contribution < -0.4 is 15.2 Å². The van der Waals surface area contributed by atoms with Gasteiger partial charge in [-0.2, -0.15) is 5.10 Å². The number of ether oxygens (including phenoxy) is 1. The zero-order valence-electron chi connectivity index (χ0n) is 15.8. The van der Waals surface area contributed by atoms with Crippen LogP contribution in [0, 0.1) is 10.6 Å². The Balaban J connectivity index is 1.59. The maximum atomic E-state index is 14.5. The second-order valence-corrected chi connectivity index (χ2v) is 9.48. The third-order valence-electron chi connectivity index (χ3n) is 5.77. The number of carbonyl (C=O) groups excluding carboxylic acids is 1. The molecule has 8 nitrogen and oxygen atoms in total. The van der Waals surface area contributed by atoms with Gasteiger partial charge in [-0.25, -0.2) is 23.2 Å². The second kappa shape index (κ2) is 6.53. The minimum absolute atomic E-state index is 0.121. The van der Waals surface area contributed by atoms with Crippen LogP contribution in [0.5, 0.6) is 5.88 Å². The van der Waals surface area contributed by atoms with Crippen molar-refractivity contribution in [3.63, 3.8) is 0 Å². The Morgan fingerprint density at radius 1 is 1.34 bits per heavy atom. The lowest BCUT2D eigenvalue weighted by atomic mass is 9.99. The van der Waals surface area contributed by atoms with E-state index >= 15 is 0 Å². The number of hydrogen-bond donors (Lipinski definition) is 3. The summed E-state index contributed by atoms with van der Waals surface area (Å²) in [5, 5.41) is 12.7. The Morgan fingerprint density at radius 3 is 2.83 bits per heavy atom. The molecule has 0 radical (unpaired) electrons. The number of aromatic nitrogens is 2. The monoisotopic (exact) mass is 419 g/mol. The molecule has 1 aromatic carbocycles. The topological polar surface area (TPSA) is 123 Å². The molecule has 2 aliphatic carbocycles. The van der Waals surface area contributed by atoms with Crippen molar-refractivity contribution < 1.29 is 18.1 Å². The fourth-order valence-corrected chi connectivity index (χ4v) is 5.16. The number of nitrogens with one attached hydrogen (secondary N) is 2. The van der Waals surface area contributed by atoms with Crippen molar-refractivity contribution in [2.24, 2.45) is 5.14 Å². The first-order chi connectivity index (χ1) is 13.8. The summed E-state index contributed by atoms with van der Waals surface area (Å²) in [7, 11) is -3.73. The summed E-state index contributed by atoms with van der Waals surface area (Å²) in [6, 6.07) is 1.54. The van der Waals surface area contributed by atoms with E-state index in [4.69, 9.17) is 14.7 Å². The molecule has 10 heteroatoms. The molecule has 1 fully saturated rings. The molecular weight excluding hydrogens is 397 g/mol. The van der Waals surface area contributed by atoms with Crippen LogP contribution in [-0.4, -0.2) is 26.5 Å². The molecule has 3 aliphatic rings. The van der Waals surface area contributed by atoms with Crippen molar-refractivity contribution >= 4 is 21.5 Å². The van der Waals surface area contributed by atoms with Crippen LogP contribution in [0.1, 0.15) is 58.8 Å². The molecule has 154 valence electrons. The van der Waals surface area contributed by atoms with Gasteiger partial charge in [0.25, 0.3) is 5.91 Å². The molecule has 4 N–H and O–H groups in total. The standard InChI is InChI=1S/C19H22FN5O3S/c20-14-9-13(10-5-6-10)15(12-4-1-3-11(12)14)23-18(26)16-17(29(21,22)27)19-25(24-16)7-2-8-28-19/h9-10H,1-8H2,(H,23,26)(H3,21,22,27). The molecule has 5 rings (SSSR count). The summed E-state index contributed by atoms with van der Waals surface area (Å²) in [6.45, 7) is 0.872. The zero-order chi connectivity index (χ0) is 20.3. The smallest absolute Gasteiger partial charge is 0.277 e. The number of nitrogens with zero attached hydrogens (tertiary/aromatic N) is 2. The first-order valence-electron chi connectivity index (χ1n) is 9.80. The van der Waals surface area contributed by atoms with Gasteiger partial charge in [0.05, 0.1) is 6.61 Å². The van der Waals surface area contributed by atoms with Crippen LogP contribution >= 0.6 is 0 Å². The van der Waals surface area contributed by atoms with E-state index in [0.717, 1.165) is 30.4 Å². The van der Waals surface area contributed by atoms with Gasteiger partial charge in [0.2, 0.25) is 5.88 Å². The highest BCUT2D eigenvalue weighted by Gasteiger charge is 2.35. The number of halogens is 1. The number of nitrogens with two attached hydrogens (primary N) is 1.